The molecule has 0 aliphatic rings. The minimum absolute atomic E-state index is 0.00687. The first-order valence-corrected chi connectivity index (χ1v) is 6.14. The number of rotatable bonds is 4. The van der Waals surface area contributed by atoms with E-state index in [-0.39, 0.29) is 11.4 Å². The summed E-state index contributed by atoms with van der Waals surface area (Å²) in [6.07, 6.45) is 2.83. The molecular formula is C11H8BrN5O3. The number of aromatic nitrogens is 2. The van der Waals surface area contributed by atoms with E-state index >= 15 is 0 Å². The predicted molar refractivity (Wildman–Crippen MR) is 74.4 cm³/mol. The van der Waals surface area contributed by atoms with E-state index in [0.717, 1.165) is 0 Å². The number of hydrazone groups is 1. The van der Waals surface area contributed by atoms with E-state index in [2.05, 4.69) is 36.7 Å². The third-order valence-electron chi connectivity index (χ3n) is 2.30. The number of nitro benzene ring substituents is 1. The van der Waals surface area contributed by atoms with Gasteiger partial charge >= 0.3 is 0 Å². The van der Waals surface area contributed by atoms with Gasteiger partial charge in [0.1, 0.15) is 5.69 Å². The van der Waals surface area contributed by atoms with Crippen molar-refractivity contribution in [1.82, 2.24) is 15.6 Å². The monoisotopic (exact) mass is 337 g/mol. The highest BCUT2D eigenvalue weighted by molar-refractivity contribution is 9.10. The van der Waals surface area contributed by atoms with Crippen LogP contribution < -0.4 is 5.43 Å². The number of hydrogen-bond donors (Lipinski definition) is 2. The molecule has 0 aliphatic heterocycles. The summed E-state index contributed by atoms with van der Waals surface area (Å²) in [5.41, 5.74) is 3.18. The van der Waals surface area contributed by atoms with Gasteiger partial charge in [-0.05, 0) is 33.6 Å². The van der Waals surface area contributed by atoms with Crippen molar-refractivity contribution in [3.8, 4) is 0 Å². The molecule has 102 valence electrons. The van der Waals surface area contributed by atoms with Gasteiger partial charge in [0.05, 0.1) is 21.8 Å². The molecule has 20 heavy (non-hydrogen) atoms. The number of aromatic amines is 1. The molecule has 0 saturated carbocycles. The topological polar surface area (TPSA) is 113 Å². The lowest BCUT2D eigenvalue weighted by molar-refractivity contribution is -0.384. The van der Waals surface area contributed by atoms with E-state index in [1.165, 1.54) is 36.7 Å². The summed E-state index contributed by atoms with van der Waals surface area (Å²) in [5, 5.41) is 20.4. The van der Waals surface area contributed by atoms with Crippen LogP contribution in [0.1, 0.15) is 16.1 Å². The fraction of sp³-hybridized carbons (Fsp3) is 0. The van der Waals surface area contributed by atoms with Crippen LogP contribution in [-0.4, -0.2) is 27.2 Å². The Kier molecular flexibility index (Phi) is 4.20. The maximum atomic E-state index is 11.6. The van der Waals surface area contributed by atoms with Crippen molar-refractivity contribution in [3.05, 3.63) is 56.3 Å². The largest absolute Gasteiger partial charge is 0.290 e. The number of nitrogens with one attached hydrogen (secondary N) is 2. The number of H-pyrrole nitrogens is 1. The Bertz CT molecular complexity index is 665. The second kappa shape index (κ2) is 6.06. The van der Waals surface area contributed by atoms with Crippen LogP contribution in [0, 0.1) is 10.1 Å². The number of benzene rings is 1. The fourth-order valence-corrected chi connectivity index (χ4v) is 1.71. The van der Waals surface area contributed by atoms with Crippen LogP contribution in [-0.2, 0) is 0 Å². The van der Waals surface area contributed by atoms with Gasteiger partial charge in [-0.3, -0.25) is 20.0 Å². The number of amides is 1. The summed E-state index contributed by atoms with van der Waals surface area (Å²) in [6.45, 7) is 0. The number of halogens is 1. The third kappa shape index (κ3) is 3.26. The van der Waals surface area contributed by atoms with E-state index in [9.17, 15) is 14.9 Å². The van der Waals surface area contributed by atoms with Crippen molar-refractivity contribution < 1.29 is 9.72 Å². The number of carbonyl (C=O) groups excluding carboxylic acids is 1. The van der Waals surface area contributed by atoms with Gasteiger partial charge in [-0.2, -0.15) is 10.2 Å². The van der Waals surface area contributed by atoms with Gasteiger partial charge in [-0.15, -0.1) is 0 Å². The number of nitro groups is 1. The van der Waals surface area contributed by atoms with E-state index in [0.29, 0.717) is 10.0 Å². The normalized spacial score (nSPS) is 10.7. The molecule has 0 fully saturated rings. The third-order valence-corrected chi connectivity index (χ3v) is 2.91. The molecule has 2 rings (SSSR count). The highest BCUT2D eigenvalue weighted by Gasteiger charge is 2.10. The Balaban J connectivity index is 1.98. The van der Waals surface area contributed by atoms with Gasteiger partial charge in [0.2, 0.25) is 0 Å². The molecule has 0 bridgehead atoms. The van der Waals surface area contributed by atoms with Crippen molar-refractivity contribution in [2.45, 2.75) is 0 Å². The zero-order chi connectivity index (χ0) is 14.5. The summed E-state index contributed by atoms with van der Waals surface area (Å²) >= 11 is 3.15. The van der Waals surface area contributed by atoms with Crippen molar-refractivity contribution in [3.63, 3.8) is 0 Å². The van der Waals surface area contributed by atoms with Gasteiger partial charge in [-0.25, -0.2) is 5.43 Å². The highest BCUT2D eigenvalue weighted by atomic mass is 79.9. The second-order valence-electron chi connectivity index (χ2n) is 3.64. The van der Waals surface area contributed by atoms with Crippen molar-refractivity contribution >= 4 is 33.7 Å². The quantitative estimate of drug-likeness (QED) is 0.503. The van der Waals surface area contributed by atoms with Crippen molar-refractivity contribution in [2.24, 2.45) is 5.10 Å². The molecule has 0 aliphatic carbocycles. The second-order valence-corrected chi connectivity index (χ2v) is 4.50. The van der Waals surface area contributed by atoms with E-state index in [1.807, 2.05) is 0 Å². The van der Waals surface area contributed by atoms with E-state index in [4.69, 9.17) is 0 Å². The minimum atomic E-state index is -0.488. The molecular weight excluding hydrogens is 330 g/mol. The maximum Gasteiger partial charge on any atom is 0.290 e. The summed E-state index contributed by atoms with van der Waals surface area (Å²) in [6, 6.07) is 5.77. The molecule has 1 heterocycles. The lowest BCUT2D eigenvalue weighted by Gasteiger charge is -1.97. The van der Waals surface area contributed by atoms with Gasteiger partial charge < -0.3 is 0 Å². The Labute approximate surface area is 121 Å². The first-order valence-electron chi connectivity index (χ1n) is 5.34. The van der Waals surface area contributed by atoms with Crippen LogP contribution in [0.25, 0.3) is 0 Å². The molecule has 0 radical (unpaired) electrons. The zero-order valence-electron chi connectivity index (χ0n) is 9.91. The number of nitrogens with zero attached hydrogens (tertiary/aromatic N) is 3. The Morgan fingerprint density at radius 2 is 2.15 bits per heavy atom. The molecule has 2 aromatic rings. The average Bonchev–Trinajstić information content (AvgIpc) is 2.85. The standard InChI is InChI=1S/C11H8BrN5O3/c12-9-6-14-15-10(9)11(18)16-13-5-7-1-3-8(4-2-7)17(19)20/h1-6H,(H,14,15)(H,16,18)/b13-5-. The first kappa shape index (κ1) is 13.9. The van der Waals surface area contributed by atoms with Gasteiger partial charge in [-0.1, -0.05) is 0 Å². The molecule has 2 N–H and O–H groups in total. The lowest BCUT2D eigenvalue weighted by Crippen LogP contribution is -2.18. The van der Waals surface area contributed by atoms with Crippen LogP contribution in [0.3, 0.4) is 0 Å². The Hall–Kier alpha value is -2.55. The Morgan fingerprint density at radius 1 is 1.45 bits per heavy atom. The smallest absolute Gasteiger partial charge is 0.272 e. The molecule has 8 nitrogen and oxygen atoms in total. The van der Waals surface area contributed by atoms with Crippen LogP contribution in [0.15, 0.2) is 40.0 Å². The van der Waals surface area contributed by atoms with Gasteiger partial charge in [0.25, 0.3) is 11.6 Å². The summed E-state index contributed by atoms with van der Waals surface area (Å²) in [4.78, 5) is 21.6. The zero-order valence-corrected chi connectivity index (χ0v) is 11.5. The summed E-state index contributed by atoms with van der Waals surface area (Å²) in [5.74, 6) is -0.451. The minimum Gasteiger partial charge on any atom is -0.272 e. The molecule has 0 saturated heterocycles. The SMILES string of the molecule is O=C(N/N=C\c1ccc([N+](=O)[O-])cc1)c1[nH]ncc1Br. The van der Waals surface area contributed by atoms with Crippen molar-refractivity contribution in [1.29, 1.82) is 0 Å². The summed E-state index contributed by atoms with van der Waals surface area (Å²) < 4.78 is 0.528. The first-order chi connectivity index (χ1) is 9.58. The van der Waals surface area contributed by atoms with Crippen LogP contribution in [0.2, 0.25) is 0 Å². The van der Waals surface area contributed by atoms with E-state index < -0.39 is 10.8 Å². The molecule has 0 atom stereocenters. The highest BCUT2D eigenvalue weighted by Crippen LogP contribution is 2.12. The molecule has 1 aromatic heterocycles. The predicted octanol–water partition coefficient (Wildman–Crippen LogP) is 1.84. The molecule has 1 amide bonds. The number of hydrogen-bond acceptors (Lipinski definition) is 5. The summed E-state index contributed by atoms with van der Waals surface area (Å²) in [7, 11) is 0. The van der Waals surface area contributed by atoms with E-state index in [1.54, 1.807) is 0 Å². The molecule has 1 aromatic carbocycles. The number of carbonyl (C=O) groups is 1. The lowest BCUT2D eigenvalue weighted by atomic mass is 10.2. The van der Waals surface area contributed by atoms with Crippen LogP contribution in [0.5, 0.6) is 0 Å². The average molecular weight is 338 g/mol. The molecule has 9 heteroatoms. The van der Waals surface area contributed by atoms with Crippen molar-refractivity contribution in [2.75, 3.05) is 0 Å². The van der Waals surface area contributed by atoms with Crippen LogP contribution >= 0.6 is 15.9 Å². The maximum absolute atomic E-state index is 11.6. The van der Waals surface area contributed by atoms with Crippen LogP contribution in [0.4, 0.5) is 5.69 Å². The molecule has 0 unspecified atom stereocenters. The number of non-ortho nitro benzene ring substituents is 1. The van der Waals surface area contributed by atoms with Gasteiger partial charge in [0, 0.05) is 12.1 Å². The van der Waals surface area contributed by atoms with Gasteiger partial charge in [0.15, 0.2) is 0 Å². The fourth-order valence-electron chi connectivity index (χ4n) is 1.33. The Morgan fingerprint density at radius 3 is 2.70 bits per heavy atom. The molecule has 0 spiro atoms.